The minimum Gasteiger partial charge on any atom is -0.394 e. The fourth-order valence-corrected chi connectivity index (χ4v) is 5.53. The Kier molecular flexibility index (Phi) is 8.27. The molecule has 2 aliphatic rings. The van der Waals surface area contributed by atoms with E-state index < -0.39 is 28.6 Å². The average Bonchev–Trinajstić information content (AvgIpc) is 3.34. The van der Waals surface area contributed by atoms with Gasteiger partial charge in [0.05, 0.1) is 23.8 Å². The summed E-state index contributed by atoms with van der Waals surface area (Å²) in [5.41, 5.74) is 6.58. The number of amides is 1. The number of rotatable bonds is 7. The van der Waals surface area contributed by atoms with Crippen LogP contribution in [-0.4, -0.2) is 55.3 Å². The summed E-state index contributed by atoms with van der Waals surface area (Å²) in [6, 6.07) is 11.4. The number of sulfonamides is 1. The van der Waals surface area contributed by atoms with Crippen molar-refractivity contribution in [3.63, 3.8) is 0 Å². The maximum absolute atomic E-state index is 13.2. The van der Waals surface area contributed by atoms with Crippen molar-refractivity contribution in [2.75, 3.05) is 13.2 Å². The van der Waals surface area contributed by atoms with E-state index in [0.717, 1.165) is 12.0 Å². The van der Waals surface area contributed by atoms with Crippen LogP contribution in [0.25, 0.3) is 0 Å². The minimum atomic E-state index is -4.26. The monoisotopic (exact) mass is 575 g/mol. The number of hydrazone groups is 1. The van der Waals surface area contributed by atoms with E-state index in [0.29, 0.717) is 15.8 Å². The van der Waals surface area contributed by atoms with Crippen LogP contribution in [0.15, 0.2) is 87.2 Å². The van der Waals surface area contributed by atoms with Gasteiger partial charge < -0.3 is 16.2 Å². The van der Waals surface area contributed by atoms with Crippen LogP contribution in [0.1, 0.15) is 18.9 Å². The van der Waals surface area contributed by atoms with E-state index in [2.05, 4.69) is 28.8 Å². The van der Waals surface area contributed by atoms with Crippen LogP contribution in [-0.2, 0) is 14.8 Å². The van der Waals surface area contributed by atoms with E-state index >= 15 is 0 Å². The molecule has 1 unspecified atom stereocenters. The highest BCUT2D eigenvalue weighted by molar-refractivity contribution is 7.90. The zero-order valence-electron chi connectivity index (χ0n) is 20.5. The summed E-state index contributed by atoms with van der Waals surface area (Å²) in [6.45, 7) is 1.67. The lowest BCUT2D eigenvalue weighted by atomic mass is 9.70. The molecule has 0 aromatic heterocycles. The van der Waals surface area contributed by atoms with Gasteiger partial charge in [-0.3, -0.25) is 4.79 Å². The largest absolute Gasteiger partial charge is 0.394 e. The second kappa shape index (κ2) is 11.3. The molecule has 1 aliphatic heterocycles. The molecule has 3 atom stereocenters. The summed E-state index contributed by atoms with van der Waals surface area (Å²) >= 11 is 12.0. The number of allylic oxidation sites excluding steroid dienone is 4. The maximum Gasteiger partial charge on any atom is 0.285 e. The lowest BCUT2D eigenvalue weighted by Gasteiger charge is -2.34. The molecule has 0 spiro atoms. The average molecular weight is 577 g/mol. The van der Waals surface area contributed by atoms with E-state index in [1.165, 1.54) is 29.3 Å². The molecule has 0 saturated heterocycles. The zero-order valence-corrected chi connectivity index (χ0v) is 22.8. The standard InChI is InChI=1S/C26H27Cl2N5O4S/c1-26(13-3-2-4-14-26)21-15-33(31-23(21)17-5-7-18(27)8-6-17)25(30-22(16-34)24(29)35)32-38(36,37)20-11-9-19(28)10-12-20/h2-13,21-22,34H,14-16H2,1H3,(H2,29,35)(H,30,32)/t21-,22+,26?/m0/s1. The second-order valence-electron chi connectivity index (χ2n) is 9.25. The molecule has 1 heterocycles. The van der Waals surface area contributed by atoms with Crippen LogP contribution in [0.5, 0.6) is 0 Å². The molecule has 2 aromatic rings. The molecule has 0 radical (unpaired) electrons. The van der Waals surface area contributed by atoms with Crippen molar-refractivity contribution in [3.8, 4) is 0 Å². The molecule has 4 N–H and O–H groups in total. The zero-order chi connectivity index (χ0) is 27.5. The van der Waals surface area contributed by atoms with Crippen LogP contribution in [0.2, 0.25) is 10.0 Å². The molecule has 1 amide bonds. The number of guanidine groups is 1. The van der Waals surface area contributed by atoms with Gasteiger partial charge in [0.1, 0.15) is 6.04 Å². The smallest absolute Gasteiger partial charge is 0.285 e. The summed E-state index contributed by atoms with van der Waals surface area (Å²) < 4.78 is 30.4. The van der Waals surface area contributed by atoms with Gasteiger partial charge in [0, 0.05) is 16.0 Å². The fourth-order valence-electron chi connectivity index (χ4n) is 4.32. The summed E-state index contributed by atoms with van der Waals surface area (Å²) in [7, 11) is -4.26. The maximum atomic E-state index is 13.2. The van der Waals surface area contributed by atoms with Gasteiger partial charge in [-0.05, 0) is 53.8 Å². The highest BCUT2D eigenvalue weighted by Crippen LogP contribution is 2.41. The Bertz CT molecular complexity index is 1420. The Labute approximate surface area is 231 Å². The predicted octanol–water partition coefficient (Wildman–Crippen LogP) is 3.33. The van der Waals surface area contributed by atoms with E-state index in [1.54, 1.807) is 12.1 Å². The number of nitrogens with one attached hydrogen (secondary N) is 1. The molecular weight excluding hydrogens is 549 g/mol. The molecule has 0 fully saturated rings. The van der Waals surface area contributed by atoms with Crippen LogP contribution < -0.4 is 11.1 Å². The number of hydrogen-bond acceptors (Lipinski definition) is 5. The number of aliphatic hydroxyl groups is 1. The lowest BCUT2D eigenvalue weighted by molar-refractivity contribution is -0.120. The summed E-state index contributed by atoms with van der Waals surface area (Å²) in [5.74, 6) is -1.31. The van der Waals surface area contributed by atoms with Gasteiger partial charge >= 0.3 is 0 Å². The molecule has 0 bridgehead atoms. The topological polar surface area (TPSA) is 137 Å². The first-order valence-corrected chi connectivity index (χ1v) is 14.0. The van der Waals surface area contributed by atoms with Gasteiger partial charge in [-0.25, -0.2) is 5.01 Å². The third-order valence-electron chi connectivity index (χ3n) is 6.52. The van der Waals surface area contributed by atoms with Crippen molar-refractivity contribution < 1.29 is 18.3 Å². The molecular formula is C26H27Cl2N5O4S. The van der Waals surface area contributed by atoms with Crippen molar-refractivity contribution in [2.24, 2.45) is 26.6 Å². The number of nitrogens with zero attached hydrogens (tertiary/aromatic N) is 3. The van der Waals surface area contributed by atoms with Crippen LogP contribution in [0.4, 0.5) is 0 Å². The van der Waals surface area contributed by atoms with Gasteiger partial charge in [0.2, 0.25) is 11.9 Å². The second-order valence-corrected chi connectivity index (χ2v) is 11.7. The molecule has 9 nitrogen and oxygen atoms in total. The molecule has 200 valence electrons. The Morgan fingerprint density at radius 3 is 2.37 bits per heavy atom. The number of halogens is 2. The molecule has 1 aliphatic carbocycles. The Morgan fingerprint density at radius 1 is 1.18 bits per heavy atom. The Morgan fingerprint density at radius 2 is 1.82 bits per heavy atom. The van der Waals surface area contributed by atoms with Crippen LogP contribution in [0, 0.1) is 11.3 Å². The van der Waals surface area contributed by atoms with E-state index in [1.807, 2.05) is 24.3 Å². The first-order chi connectivity index (χ1) is 18.0. The number of carbonyl (C=O) groups is 1. The normalized spacial score (nSPS) is 22.3. The number of hydrogen-bond donors (Lipinski definition) is 3. The quantitative estimate of drug-likeness (QED) is 0.342. The van der Waals surface area contributed by atoms with Crippen molar-refractivity contribution >= 4 is 50.8 Å². The predicted molar refractivity (Wildman–Crippen MR) is 148 cm³/mol. The van der Waals surface area contributed by atoms with Crippen molar-refractivity contribution in [1.29, 1.82) is 0 Å². The van der Waals surface area contributed by atoms with Crippen LogP contribution in [0.3, 0.4) is 0 Å². The number of primary amides is 1. The van der Waals surface area contributed by atoms with Crippen molar-refractivity contribution in [2.45, 2.75) is 24.3 Å². The Balaban J connectivity index is 1.81. The molecule has 0 saturated carbocycles. The first kappa shape index (κ1) is 27.8. The van der Waals surface area contributed by atoms with E-state index in [4.69, 9.17) is 34.0 Å². The summed E-state index contributed by atoms with van der Waals surface area (Å²) in [6.07, 6.45) is 8.84. The summed E-state index contributed by atoms with van der Waals surface area (Å²) in [4.78, 5) is 11.8. The lowest BCUT2D eigenvalue weighted by Crippen LogP contribution is -2.51. The number of nitrogens with two attached hydrogens (primary N) is 1. The minimum absolute atomic E-state index is 0.106. The molecule has 2 aromatic carbocycles. The van der Waals surface area contributed by atoms with E-state index in [-0.39, 0.29) is 28.7 Å². The first-order valence-electron chi connectivity index (χ1n) is 11.8. The fraction of sp³-hybridized carbons (Fsp3) is 0.269. The highest BCUT2D eigenvalue weighted by Gasteiger charge is 2.42. The van der Waals surface area contributed by atoms with Crippen molar-refractivity contribution in [1.82, 2.24) is 10.3 Å². The number of carbonyl (C=O) groups excluding carboxylic acids is 1. The Hall–Kier alpha value is -3.18. The van der Waals surface area contributed by atoms with Crippen LogP contribution >= 0.6 is 23.2 Å². The molecule has 4 rings (SSSR count). The number of aliphatic hydroxyl groups excluding tert-OH is 1. The van der Waals surface area contributed by atoms with Gasteiger partial charge in [-0.1, -0.05) is 66.6 Å². The molecule has 12 heteroatoms. The summed E-state index contributed by atoms with van der Waals surface area (Å²) in [5, 5.41) is 19.5. The van der Waals surface area contributed by atoms with E-state index in [9.17, 15) is 18.3 Å². The molecule has 38 heavy (non-hydrogen) atoms. The highest BCUT2D eigenvalue weighted by atomic mass is 35.5. The number of benzene rings is 2. The SMILES string of the molecule is CC1([C@H]2CN(/C(=N/S(=O)(=O)c3ccc(Cl)cc3)N[C@H](CO)C(N)=O)N=C2c2ccc(Cl)cc2)C=CC=CC1. The van der Waals surface area contributed by atoms with Gasteiger partial charge in [-0.15, -0.1) is 4.40 Å². The third-order valence-corrected chi connectivity index (χ3v) is 8.31. The third kappa shape index (κ3) is 6.10. The van der Waals surface area contributed by atoms with Gasteiger partial charge in [-0.2, -0.15) is 13.5 Å². The van der Waals surface area contributed by atoms with Gasteiger partial charge in [0.25, 0.3) is 10.0 Å². The van der Waals surface area contributed by atoms with Gasteiger partial charge in [0.15, 0.2) is 0 Å². The van der Waals surface area contributed by atoms with Crippen molar-refractivity contribution in [3.05, 3.63) is 88.4 Å².